The second-order valence-corrected chi connectivity index (χ2v) is 9.56. The van der Waals surface area contributed by atoms with Crippen molar-refractivity contribution in [1.29, 1.82) is 0 Å². The molecule has 7 heteroatoms. The Morgan fingerprint density at radius 1 is 1.08 bits per heavy atom. The Hall–Kier alpha value is -1.44. The fourth-order valence-corrected chi connectivity index (χ4v) is 4.69. The summed E-state index contributed by atoms with van der Waals surface area (Å²) in [4.78, 5) is 4.13. The molecule has 2 heterocycles. The summed E-state index contributed by atoms with van der Waals surface area (Å²) in [6, 6.07) is 7.24. The minimum Gasteiger partial charge on any atom is -0.310 e. The predicted molar refractivity (Wildman–Crippen MR) is 109 cm³/mol. The average molecular weight is 396 g/mol. The molecule has 0 bridgehead atoms. The summed E-state index contributed by atoms with van der Waals surface area (Å²) >= 11 is 1.18. The van der Waals surface area contributed by atoms with E-state index in [1.165, 1.54) is 49.9 Å². The second kappa shape index (κ2) is 10.6. The van der Waals surface area contributed by atoms with Gasteiger partial charge in [0.15, 0.2) is 0 Å². The first-order valence-electron chi connectivity index (χ1n) is 9.22. The molecule has 1 aliphatic carbocycles. The number of sulfonamides is 1. The number of hydrogen-bond donors (Lipinski definition) is 2. The van der Waals surface area contributed by atoms with E-state index in [9.17, 15) is 8.42 Å². The largest absolute Gasteiger partial charge is 0.310 e. The number of nitrogens with zero attached hydrogens (tertiary/aromatic N) is 1. The van der Waals surface area contributed by atoms with Gasteiger partial charge < -0.3 is 5.32 Å². The summed E-state index contributed by atoms with van der Waals surface area (Å²) in [6.45, 7) is 4.63. The highest BCUT2D eigenvalue weighted by atomic mass is 32.2. The first-order chi connectivity index (χ1) is 12.5. The summed E-state index contributed by atoms with van der Waals surface area (Å²) in [6.07, 6.45) is 10.6. The molecule has 0 spiro atoms. The van der Waals surface area contributed by atoms with Crippen molar-refractivity contribution in [2.45, 2.75) is 69.2 Å². The summed E-state index contributed by atoms with van der Waals surface area (Å²) in [5.41, 5.74) is 0.821. The number of thiophene rings is 1. The van der Waals surface area contributed by atoms with Crippen LogP contribution in [0.2, 0.25) is 0 Å². The zero-order valence-electron chi connectivity index (χ0n) is 15.6. The average Bonchev–Trinajstić information content (AvgIpc) is 3.18. The maximum Gasteiger partial charge on any atom is 0.272 e. The van der Waals surface area contributed by atoms with Gasteiger partial charge >= 0.3 is 0 Å². The molecule has 0 atom stereocenters. The topological polar surface area (TPSA) is 71.1 Å². The van der Waals surface area contributed by atoms with Crippen LogP contribution in [0.1, 0.15) is 57.9 Å². The van der Waals surface area contributed by atoms with E-state index in [-0.39, 0.29) is 4.21 Å². The smallest absolute Gasteiger partial charge is 0.272 e. The third kappa shape index (κ3) is 7.05. The highest BCUT2D eigenvalue weighted by Gasteiger charge is 2.17. The van der Waals surface area contributed by atoms with E-state index in [2.05, 4.69) is 15.0 Å². The Labute approximate surface area is 161 Å². The molecule has 0 unspecified atom stereocenters. The number of pyridine rings is 1. The number of aromatic nitrogens is 1. The van der Waals surface area contributed by atoms with Gasteiger partial charge in [0, 0.05) is 24.3 Å². The Morgan fingerprint density at radius 2 is 1.73 bits per heavy atom. The van der Waals surface area contributed by atoms with Crippen molar-refractivity contribution < 1.29 is 8.42 Å². The number of anilines is 1. The van der Waals surface area contributed by atoms with Gasteiger partial charge in [0.05, 0.1) is 0 Å². The highest BCUT2D eigenvalue weighted by Crippen LogP contribution is 2.21. The zero-order valence-corrected chi connectivity index (χ0v) is 17.2. The molecule has 2 N–H and O–H groups in total. The monoisotopic (exact) mass is 395 g/mol. The van der Waals surface area contributed by atoms with Crippen LogP contribution in [-0.2, 0) is 16.6 Å². The molecular weight excluding hydrogens is 366 g/mol. The van der Waals surface area contributed by atoms with Gasteiger partial charge in [0.1, 0.15) is 10.0 Å². The van der Waals surface area contributed by atoms with E-state index in [1.54, 1.807) is 29.8 Å². The zero-order chi connectivity index (χ0) is 18.8. The van der Waals surface area contributed by atoms with Crippen LogP contribution in [0.3, 0.4) is 0 Å². The van der Waals surface area contributed by atoms with Crippen molar-refractivity contribution in [1.82, 2.24) is 10.3 Å². The summed E-state index contributed by atoms with van der Waals surface area (Å²) < 4.78 is 27.2. The van der Waals surface area contributed by atoms with Gasteiger partial charge in [-0.05, 0) is 17.5 Å². The predicted octanol–water partition coefficient (Wildman–Crippen LogP) is 4.78. The summed E-state index contributed by atoms with van der Waals surface area (Å²) in [5, 5.41) is 4.98. The molecule has 0 aromatic carbocycles. The summed E-state index contributed by atoms with van der Waals surface area (Å²) in [7, 11) is -3.55. The van der Waals surface area contributed by atoms with Crippen LogP contribution in [0.25, 0.3) is 0 Å². The molecule has 0 aliphatic heterocycles. The van der Waals surface area contributed by atoms with Crippen molar-refractivity contribution in [2.75, 3.05) is 4.72 Å². The molecule has 0 radical (unpaired) electrons. The van der Waals surface area contributed by atoms with Crippen molar-refractivity contribution in [2.24, 2.45) is 0 Å². The van der Waals surface area contributed by atoms with Crippen LogP contribution in [0.4, 0.5) is 5.82 Å². The van der Waals surface area contributed by atoms with Gasteiger partial charge in [-0.1, -0.05) is 64.5 Å². The molecule has 0 saturated heterocycles. The van der Waals surface area contributed by atoms with Gasteiger partial charge in [-0.3, -0.25) is 4.72 Å². The van der Waals surface area contributed by atoms with Crippen molar-refractivity contribution in [3.05, 3.63) is 41.4 Å². The lowest BCUT2D eigenvalue weighted by Crippen LogP contribution is -2.23. The minimum atomic E-state index is -3.55. The minimum absolute atomic E-state index is 0.283. The first kappa shape index (κ1) is 20.9. The third-order valence-electron chi connectivity index (χ3n) is 4.08. The van der Waals surface area contributed by atoms with Gasteiger partial charge in [-0.25, -0.2) is 13.4 Å². The Balaban J connectivity index is 0.000000342. The molecule has 1 aliphatic rings. The van der Waals surface area contributed by atoms with Crippen molar-refractivity contribution >= 4 is 27.2 Å². The molecule has 1 fully saturated rings. The molecule has 1 saturated carbocycles. The lowest BCUT2D eigenvalue weighted by molar-refractivity contribution is 0.504. The number of rotatable bonds is 6. The summed E-state index contributed by atoms with van der Waals surface area (Å²) in [5.74, 6) is 0.369. The number of hydrogen-bond acceptors (Lipinski definition) is 5. The van der Waals surface area contributed by atoms with Gasteiger partial charge in [-0.15, -0.1) is 11.3 Å². The van der Waals surface area contributed by atoms with Gasteiger partial charge in [0.25, 0.3) is 10.0 Å². The lowest BCUT2D eigenvalue weighted by atomic mass is 10.0. The van der Waals surface area contributed by atoms with Crippen LogP contribution in [-0.4, -0.2) is 19.4 Å². The fourth-order valence-electron chi connectivity index (χ4n) is 2.64. The molecule has 0 amide bonds. The standard InChI is InChI=1S/C13H17N3O2S2.C6H12/c1-10(2)15-9-11-5-3-7-14-13(11)16-20(17,18)12-6-4-8-19-12;1-2-4-6-5-3-1/h3-8,10,15H,9H2,1-2H3,(H,14,16);1-6H2. The molecule has 2 aromatic rings. The van der Waals surface area contributed by atoms with E-state index in [4.69, 9.17) is 0 Å². The van der Waals surface area contributed by atoms with Crippen LogP contribution < -0.4 is 10.0 Å². The maximum absolute atomic E-state index is 12.2. The first-order valence-corrected chi connectivity index (χ1v) is 11.6. The van der Waals surface area contributed by atoms with Gasteiger partial charge in [-0.2, -0.15) is 0 Å². The third-order valence-corrected chi connectivity index (χ3v) is 6.82. The Bertz CT molecular complexity index is 728. The molecule has 3 rings (SSSR count). The molecule has 5 nitrogen and oxygen atoms in total. The van der Waals surface area contributed by atoms with E-state index in [0.717, 1.165) is 5.56 Å². The lowest BCUT2D eigenvalue weighted by Gasteiger charge is -2.12. The van der Waals surface area contributed by atoms with E-state index in [1.807, 2.05) is 19.9 Å². The quantitative estimate of drug-likeness (QED) is 0.738. The van der Waals surface area contributed by atoms with Crippen LogP contribution in [0.15, 0.2) is 40.1 Å². The highest BCUT2D eigenvalue weighted by molar-refractivity contribution is 7.94. The van der Waals surface area contributed by atoms with E-state index < -0.39 is 10.0 Å². The van der Waals surface area contributed by atoms with Crippen LogP contribution in [0, 0.1) is 0 Å². The fraction of sp³-hybridized carbons (Fsp3) is 0.526. The Kier molecular flexibility index (Phi) is 8.54. The SMILES string of the molecule is C1CCCCC1.CC(C)NCc1cccnc1NS(=O)(=O)c1cccs1. The molecule has 2 aromatic heterocycles. The molecular formula is C19H29N3O2S2. The molecule has 26 heavy (non-hydrogen) atoms. The van der Waals surface area contributed by atoms with E-state index >= 15 is 0 Å². The van der Waals surface area contributed by atoms with Crippen LogP contribution in [0.5, 0.6) is 0 Å². The second-order valence-electron chi connectivity index (χ2n) is 6.71. The normalized spacial score (nSPS) is 14.6. The van der Waals surface area contributed by atoms with Crippen molar-refractivity contribution in [3.8, 4) is 0 Å². The van der Waals surface area contributed by atoms with E-state index in [0.29, 0.717) is 18.4 Å². The number of nitrogens with one attached hydrogen (secondary N) is 2. The Morgan fingerprint density at radius 3 is 2.27 bits per heavy atom. The van der Waals surface area contributed by atoms with Crippen LogP contribution >= 0.6 is 11.3 Å². The van der Waals surface area contributed by atoms with Gasteiger partial charge in [0.2, 0.25) is 0 Å². The maximum atomic E-state index is 12.2. The molecule has 144 valence electrons. The van der Waals surface area contributed by atoms with Crippen molar-refractivity contribution in [3.63, 3.8) is 0 Å².